The van der Waals surface area contributed by atoms with E-state index in [1.807, 2.05) is 159 Å². The zero-order valence-corrected chi connectivity index (χ0v) is 51.9. The average Bonchev–Trinajstić information content (AvgIpc) is 4.07. The van der Waals surface area contributed by atoms with Crippen LogP contribution in [0.25, 0.3) is 21.8 Å². The third-order valence-electron chi connectivity index (χ3n) is 15.3. The van der Waals surface area contributed by atoms with Gasteiger partial charge < -0.3 is 24.0 Å². The Bertz CT molecular complexity index is 3440. The highest BCUT2D eigenvalue weighted by atomic mass is 32.2. The predicted octanol–water partition coefficient (Wildman–Crippen LogP) is 10.5. The summed E-state index contributed by atoms with van der Waals surface area (Å²) in [7, 11) is -11.8. The first-order chi connectivity index (χ1) is 36.5. The molecule has 2 aromatic heterocycles. The molecule has 14 heteroatoms. The van der Waals surface area contributed by atoms with Crippen LogP contribution in [-0.4, -0.2) is 83.5 Å². The molecule has 0 saturated carbocycles. The largest absolute Gasteiger partial charge is 0.424 e. The average molecular weight is 1120 g/mol. The molecule has 2 aliphatic heterocycles. The zero-order valence-electron chi connectivity index (χ0n) is 48.3. The summed E-state index contributed by atoms with van der Waals surface area (Å²) >= 11 is 0. The Morgan fingerprint density at radius 3 is 1.27 bits per heavy atom. The van der Waals surface area contributed by atoms with Crippen LogP contribution in [0.15, 0.2) is 173 Å². The molecule has 0 saturated heterocycles. The Morgan fingerprint density at radius 2 is 0.923 bits per heavy atom. The molecule has 1 atom stereocenters. The van der Waals surface area contributed by atoms with E-state index in [2.05, 4.69) is 101 Å². The van der Waals surface area contributed by atoms with Gasteiger partial charge in [-0.15, -0.1) is 0 Å². The Morgan fingerprint density at radius 1 is 0.551 bits per heavy atom. The first-order valence-corrected chi connectivity index (χ1v) is 34.8. The maximum atomic E-state index is 11.9. The monoisotopic (exact) mass is 1120 g/mol. The molecule has 0 bridgehead atoms. The number of rotatable bonds is 8. The molecule has 4 heterocycles. The summed E-state index contributed by atoms with van der Waals surface area (Å²) in [5, 5.41) is 9.78. The second-order valence-corrected chi connectivity index (χ2v) is 35.9. The number of aliphatic imine (C=N–C) groups is 1. The van der Waals surface area contributed by atoms with Gasteiger partial charge >= 0.3 is 0 Å². The van der Waals surface area contributed by atoms with Crippen molar-refractivity contribution in [2.45, 2.75) is 122 Å². The van der Waals surface area contributed by atoms with Gasteiger partial charge in [-0.25, -0.2) is 16.8 Å². The molecule has 0 aliphatic carbocycles. The highest BCUT2D eigenvalue weighted by Crippen LogP contribution is 2.36. The summed E-state index contributed by atoms with van der Waals surface area (Å²) in [6, 6.07) is 52.6. The summed E-state index contributed by atoms with van der Waals surface area (Å²) in [6.07, 6.45) is 2.54. The highest BCUT2D eigenvalue weighted by molar-refractivity contribution is 7.91. The van der Waals surface area contributed by atoms with Crippen molar-refractivity contribution in [3.8, 4) is 0 Å². The Labute approximate surface area is 467 Å². The lowest BCUT2D eigenvalue weighted by molar-refractivity contribution is 0.351. The van der Waals surface area contributed by atoms with E-state index in [1.54, 1.807) is 0 Å². The van der Waals surface area contributed by atoms with Crippen molar-refractivity contribution in [2.24, 2.45) is 16.8 Å². The minimum Gasteiger partial charge on any atom is -0.424 e. The lowest BCUT2D eigenvalue weighted by atomic mass is 9.99. The number of nitrogens with one attached hydrogen (secondary N) is 1. The molecular weight excluding hydrogens is 1040 g/mol. The summed E-state index contributed by atoms with van der Waals surface area (Å²) in [6.45, 7) is 28.5. The summed E-state index contributed by atoms with van der Waals surface area (Å²) in [4.78, 5) is 28.4. The normalized spacial score (nSPS) is 15.1. The van der Waals surface area contributed by atoms with Gasteiger partial charge in [-0.05, 0) is 104 Å². The molecule has 414 valence electrons. The quantitative estimate of drug-likeness (QED) is 0.129. The van der Waals surface area contributed by atoms with Gasteiger partial charge in [0.25, 0.3) is 16.6 Å². The predicted molar refractivity (Wildman–Crippen MR) is 331 cm³/mol. The van der Waals surface area contributed by atoms with Crippen LogP contribution in [0.4, 0.5) is 0 Å². The third kappa shape index (κ3) is 12.5. The molecule has 10 rings (SSSR count). The number of hydrogen-bond acceptors (Lipinski definition) is 8. The number of aryl methyl sites for hydroxylation is 2. The van der Waals surface area contributed by atoms with Crippen LogP contribution in [0.2, 0.25) is 10.1 Å². The molecule has 10 nitrogen and oxygen atoms in total. The topological polar surface area (TPSA) is 143 Å². The molecule has 3 N–H and O–H groups in total. The van der Waals surface area contributed by atoms with E-state index in [0.29, 0.717) is 27.7 Å². The fourth-order valence-electron chi connectivity index (χ4n) is 11.2. The van der Waals surface area contributed by atoms with Gasteiger partial charge in [0.2, 0.25) is 0 Å². The lowest BCUT2D eigenvalue weighted by Gasteiger charge is -2.38. The standard InChI is InChI=1S/C16H22N2O2S.C16H20N2O2S.2C16H20OSi/c2*1-10(2)16-14-8-12-7-11(3)15(21(4,19)20)9-13(12)18(14)6-5-17-16;2*1-16(2,3)18(17,14-10-6-4-7-11-14)15-12-8-5-9-13-15/h7-10,16-17H,5-6H2,1-4H3;7-10H,5-6H2,1-4H3;2*4-13,17H,1-3H3. The molecule has 0 amide bonds. The van der Waals surface area contributed by atoms with Gasteiger partial charge in [0.1, 0.15) is 0 Å². The van der Waals surface area contributed by atoms with Crippen molar-refractivity contribution >= 4 is 84.6 Å². The first kappa shape index (κ1) is 59.9. The van der Waals surface area contributed by atoms with Crippen LogP contribution in [0, 0.1) is 25.7 Å². The van der Waals surface area contributed by atoms with E-state index in [-0.39, 0.29) is 10.1 Å². The molecule has 1 unspecified atom stereocenters. The van der Waals surface area contributed by atoms with Crippen molar-refractivity contribution < 1.29 is 26.4 Å². The summed E-state index contributed by atoms with van der Waals surface area (Å²) in [5.41, 5.74) is 7.13. The van der Waals surface area contributed by atoms with Gasteiger partial charge in [-0.1, -0.05) is 191 Å². The van der Waals surface area contributed by atoms with Crippen LogP contribution < -0.4 is 26.1 Å². The number of benzene rings is 6. The molecule has 0 radical (unpaired) electrons. The van der Waals surface area contributed by atoms with Crippen molar-refractivity contribution in [2.75, 3.05) is 25.6 Å². The van der Waals surface area contributed by atoms with Gasteiger partial charge in [-0.3, -0.25) is 4.99 Å². The van der Waals surface area contributed by atoms with Crippen LogP contribution in [0.3, 0.4) is 0 Å². The summed E-state index contributed by atoms with van der Waals surface area (Å²) < 4.78 is 52.2. The zero-order chi connectivity index (χ0) is 57.2. The number of sulfone groups is 2. The lowest BCUT2D eigenvalue weighted by Crippen LogP contribution is -2.64. The van der Waals surface area contributed by atoms with Crippen molar-refractivity contribution in [1.82, 2.24) is 14.5 Å². The first-order valence-electron chi connectivity index (χ1n) is 27.1. The summed E-state index contributed by atoms with van der Waals surface area (Å²) in [5.74, 6) is 0.868. The van der Waals surface area contributed by atoms with E-state index in [1.165, 1.54) is 18.2 Å². The fraction of sp³-hybridized carbons (Fsp3) is 0.359. The maximum absolute atomic E-state index is 11.9. The number of nitrogens with zero attached hydrogens (tertiary/aromatic N) is 3. The maximum Gasteiger partial charge on any atom is 0.258 e. The molecular formula is C64H82N4O6S2Si2. The highest BCUT2D eigenvalue weighted by Gasteiger charge is 2.48. The SMILES string of the molecule is CC(C)(C)[Si](O)(c1ccccc1)c1ccccc1.CC(C)(C)[Si](O)(c1ccccc1)c1ccccc1.Cc1cc2cc3n(c2cc1S(C)(=O)=O)CCN=C3C(C)C.Cc1cc2cc3n(c2cc1S(C)(=O)=O)CCNC3C(C)C. The number of fused-ring (bicyclic) bond motifs is 6. The van der Waals surface area contributed by atoms with E-state index in [0.717, 1.165) is 91.3 Å². The fourth-order valence-corrected chi connectivity index (χ4v) is 20.0. The molecule has 2 aliphatic rings. The second kappa shape index (κ2) is 23.5. The van der Waals surface area contributed by atoms with E-state index >= 15 is 0 Å². The second-order valence-electron chi connectivity index (χ2n) is 23.8. The van der Waals surface area contributed by atoms with Gasteiger partial charge in [0.15, 0.2) is 19.7 Å². The van der Waals surface area contributed by atoms with Gasteiger partial charge in [-0.2, -0.15) is 0 Å². The van der Waals surface area contributed by atoms with Crippen molar-refractivity contribution in [3.05, 3.63) is 180 Å². The van der Waals surface area contributed by atoms with E-state index < -0.39 is 36.3 Å². The molecule has 6 aromatic carbocycles. The van der Waals surface area contributed by atoms with Crippen LogP contribution >= 0.6 is 0 Å². The minimum absolute atomic E-state index is 0.143. The molecule has 78 heavy (non-hydrogen) atoms. The minimum atomic E-state index is -3.20. The number of hydrogen-bond donors (Lipinski definition) is 3. The van der Waals surface area contributed by atoms with E-state index in [9.17, 15) is 26.4 Å². The Balaban J connectivity index is 0.000000151. The molecule has 0 fully saturated rings. The van der Waals surface area contributed by atoms with Gasteiger partial charge in [0.05, 0.1) is 27.7 Å². The van der Waals surface area contributed by atoms with Crippen molar-refractivity contribution in [3.63, 3.8) is 0 Å². The van der Waals surface area contributed by atoms with Crippen LogP contribution in [-0.2, 0) is 32.8 Å². The van der Waals surface area contributed by atoms with Gasteiger partial charge in [0, 0.05) is 65.7 Å². The third-order valence-corrected chi connectivity index (χ3v) is 26.8. The molecule has 8 aromatic rings. The Hall–Kier alpha value is -5.72. The number of aromatic nitrogens is 2. The van der Waals surface area contributed by atoms with Crippen LogP contribution in [0.5, 0.6) is 0 Å². The smallest absolute Gasteiger partial charge is 0.258 e. The Kier molecular flexibility index (Phi) is 18.1. The van der Waals surface area contributed by atoms with E-state index in [4.69, 9.17) is 0 Å². The molecule has 0 spiro atoms. The van der Waals surface area contributed by atoms with Crippen LogP contribution in [0.1, 0.15) is 97.8 Å². The van der Waals surface area contributed by atoms with Crippen molar-refractivity contribution in [1.29, 1.82) is 0 Å².